The molecule has 0 aliphatic rings. The van der Waals surface area contributed by atoms with E-state index in [-0.39, 0.29) is 0 Å². The van der Waals surface area contributed by atoms with Crippen molar-refractivity contribution in [3.63, 3.8) is 0 Å². The van der Waals surface area contributed by atoms with Crippen LogP contribution in [0.4, 0.5) is 0 Å². The van der Waals surface area contributed by atoms with E-state index in [1.807, 2.05) is 18.4 Å². The lowest BCUT2D eigenvalue weighted by atomic mass is 10.2. The van der Waals surface area contributed by atoms with Gasteiger partial charge >= 0.3 is 0 Å². The highest BCUT2D eigenvalue weighted by atomic mass is 32.1. The summed E-state index contributed by atoms with van der Waals surface area (Å²) in [6, 6.07) is 4.69. The van der Waals surface area contributed by atoms with Crippen molar-refractivity contribution in [1.29, 1.82) is 0 Å². The maximum Gasteiger partial charge on any atom is 0.133 e. The van der Waals surface area contributed by atoms with Crippen LogP contribution < -0.4 is 5.32 Å². The Morgan fingerprint density at radius 3 is 2.56 bits per heavy atom. The van der Waals surface area contributed by atoms with Crippen molar-refractivity contribution in [2.45, 2.75) is 26.8 Å². The predicted molar refractivity (Wildman–Crippen MR) is 72.4 cm³/mol. The van der Waals surface area contributed by atoms with Crippen molar-refractivity contribution in [3.8, 4) is 9.88 Å². The van der Waals surface area contributed by atoms with Gasteiger partial charge in [0.05, 0.1) is 10.6 Å². The number of aryl methyl sites for hydroxylation is 2. The second-order valence-electron chi connectivity index (χ2n) is 3.89. The van der Waals surface area contributed by atoms with Gasteiger partial charge in [0, 0.05) is 15.8 Å². The van der Waals surface area contributed by atoms with E-state index in [9.17, 15) is 0 Å². The molecular weight excluding hydrogens is 236 g/mol. The van der Waals surface area contributed by atoms with Crippen LogP contribution in [0.25, 0.3) is 9.88 Å². The maximum atomic E-state index is 4.65. The van der Waals surface area contributed by atoms with Gasteiger partial charge in [-0.3, -0.25) is 0 Å². The van der Waals surface area contributed by atoms with Gasteiger partial charge in [-0.05, 0) is 40.0 Å². The summed E-state index contributed by atoms with van der Waals surface area (Å²) in [7, 11) is 1.98. The van der Waals surface area contributed by atoms with E-state index in [2.05, 4.69) is 43.2 Å². The summed E-state index contributed by atoms with van der Waals surface area (Å²) in [4.78, 5) is 8.61. The summed E-state index contributed by atoms with van der Waals surface area (Å²) < 4.78 is 0. The Hall–Kier alpha value is -0.710. The quantitative estimate of drug-likeness (QED) is 0.899. The van der Waals surface area contributed by atoms with Crippen LogP contribution in [0.3, 0.4) is 0 Å². The fraction of sp³-hybridized carbons (Fsp3) is 0.417. The fourth-order valence-electron chi connectivity index (χ4n) is 1.60. The van der Waals surface area contributed by atoms with Crippen LogP contribution in [0.15, 0.2) is 12.1 Å². The molecule has 2 aromatic rings. The zero-order valence-electron chi connectivity index (χ0n) is 10.00. The molecule has 0 amide bonds. The van der Waals surface area contributed by atoms with Gasteiger partial charge in [0.2, 0.25) is 0 Å². The molecule has 86 valence electrons. The molecule has 2 heterocycles. The lowest BCUT2D eigenvalue weighted by Gasteiger charge is -2.06. The molecule has 16 heavy (non-hydrogen) atoms. The lowest BCUT2D eigenvalue weighted by molar-refractivity contribution is 0.658. The minimum absolute atomic E-state index is 0.382. The number of nitrogens with one attached hydrogen (secondary N) is 1. The van der Waals surface area contributed by atoms with E-state index in [1.165, 1.54) is 14.6 Å². The highest BCUT2D eigenvalue weighted by Crippen LogP contribution is 2.35. The monoisotopic (exact) mass is 252 g/mol. The Balaban J connectivity index is 2.37. The molecule has 0 saturated carbocycles. The summed E-state index contributed by atoms with van der Waals surface area (Å²) >= 11 is 3.61. The smallest absolute Gasteiger partial charge is 0.133 e. The molecule has 2 rings (SSSR count). The van der Waals surface area contributed by atoms with E-state index < -0.39 is 0 Å². The zero-order chi connectivity index (χ0) is 11.7. The standard InChI is InChI=1S/C12H16N2S2/c1-7-5-6-10(15-7)12-14-9(3)11(16-12)8(2)13-4/h5-6,8,13H,1-4H3. The summed E-state index contributed by atoms with van der Waals surface area (Å²) in [5.41, 5.74) is 1.15. The van der Waals surface area contributed by atoms with Gasteiger partial charge in [-0.15, -0.1) is 22.7 Å². The molecule has 0 aliphatic carbocycles. The van der Waals surface area contributed by atoms with Crippen LogP contribution in [0, 0.1) is 13.8 Å². The molecule has 2 aromatic heterocycles. The third-order valence-electron chi connectivity index (χ3n) is 2.61. The molecule has 0 bridgehead atoms. The van der Waals surface area contributed by atoms with Gasteiger partial charge in [-0.25, -0.2) is 4.98 Å². The molecular formula is C12H16N2S2. The van der Waals surface area contributed by atoms with Crippen molar-refractivity contribution in [2.24, 2.45) is 0 Å². The van der Waals surface area contributed by atoms with E-state index in [0.717, 1.165) is 10.7 Å². The number of hydrogen-bond acceptors (Lipinski definition) is 4. The fourth-order valence-corrected chi connectivity index (χ4v) is 3.65. The topological polar surface area (TPSA) is 24.9 Å². The van der Waals surface area contributed by atoms with Crippen molar-refractivity contribution >= 4 is 22.7 Å². The molecule has 4 heteroatoms. The van der Waals surface area contributed by atoms with Crippen molar-refractivity contribution in [1.82, 2.24) is 10.3 Å². The summed E-state index contributed by atoms with van der Waals surface area (Å²) in [5.74, 6) is 0. The number of rotatable bonds is 3. The SMILES string of the molecule is CNC(C)c1sc(-c2ccc(C)s2)nc1C. The van der Waals surface area contributed by atoms with Crippen molar-refractivity contribution in [3.05, 3.63) is 27.6 Å². The molecule has 0 radical (unpaired) electrons. The van der Waals surface area contributed by atoms with Gasteiger partial charge in [-0.1, -0.05) is 0 Å². The summed E-state index contributed by atoms with van der Waals surface area (Å²) in [5, 5.41) is 4.41. The van der Waals surface area contributed by atoms with E-state index in [4.69, 9.17) is 0 Å². The Kier molecular flexibility index (Phi) is 3.42. The van der Waals surface area contributed by atoms with Crippen LogP contribution in [0.5, 0.6) is 0 Å². The zero-order valence-corrected chi connectivity index (χ0v) is 11.6. The molecule has 1 N–H and O–H groups in total. The highest BCUT2D eigenvalue weighted by Gasteiger charge is 2.14. The van der Waals surface area contributed by atoms with Crippen LogP contribution in [-0.4, -0.2) is 12.0 Å². The molecule has 0 spiro atoms. The van der Waals surface area contributed by atoms with E-state index in [0.29, 0.717) is 6.04 Å². The van der Waals surface area contributed by atoms with Crippen LogP contribution >= 0.6 is 22.7 Å². The number of thiazole rings is 1. The van der Waals surface area contributed by atoms with Crippen molar-refractivity contribution < 1.29 is 0 Å². The van der Waals surface area contributed by atoms with E-state index in [1.54, 1.807) is 11.3 Å². The first-order chi connectivity index (χ1) is 7.61. The largest absolute Gasteiger partial charge is 0.312 e. The summed E-state index contributed by atoms with van der Waals surface area (Å²) in [6.45, 7) is 6.39. The van der Waals surface area contributed by atoms with Gasteiger partial charge in [0.1, 0.15) is 5.01 Å². The molecule has 0 fully saturated rings. The molecule has 0 aliphatic heterocycles. The second-order valence-corrected chi connectivity index (χ2v) is 6.21. The average Bonchev–Trinajstić information content (AvgIpc) is 2.83. The highest BCUT2D eigenvalue weighted by molar-refractivity contribution is 7.21. The van der Waals surface area contributed by atoms with Crippen LogP contribution in [-0.2, 0) is 0 Å². The van der Waals surface area contributed by atoms with Crippen LogP contribution in [0.2, 0.25) is 0 Å². The maximum absolute atomic E-state index is 4.65. The lowest BCUT2D eigenvalue weighted by Crippen LogP contribution is -2.11. The van der Waals surface area contributed by atoms with Gasteiger partial charge in [0.15, 0.2) is 0 Å². The Labute approximate surface area is 104 Å². The minimum atomic E-state index is 0.382. The average molecular weight is 252 g/mol. The number of nitrogens with zero attached hydrogens (tertiary/aromatic N) is 1. The second kappa shape index (κ2) is 4.65. The number of aromatic nitrogens is 1. The van der Waals surface area contributed by atoms with Gasteiger partial charge in [0.25, 0.3) is 0 Å². The first-order valence-electron chi connectivity index (χ1n) is 5.33. The van der Waals surface area contributed by atoms with Gasteiger partial charge in [-0.2, -0.15) is 0 Å². The predicted octanol–water partition coefficient (Wildman–Crippen LogP) is 3.77. The number of thiophene rings is 1. The minimum Gasteiger partial charge on any atom is -0.312 e. The van der Waals surface area contributed by atoms with Gasteiger partial charge < -0.3 is 5.32 Å². The third kappa shape index (κ3) is 2.19. The normalized spacial score (nSPS) is 13.0. The third-order valence-corrected chi connectivity index (χ3v) is 5.12. The summed E-state index contributed by atoms with van der Waals surface area (Å²) in [6.07, 6.45) is 0. The first-order valence-corrected chi connectivity index (χ1v) is 6.96. The first kappa shape index (κ1) is 11.8. The Morgan fingerprint density at radius 2 is 2.00 bits per heavy atom. The molecule has 2 nitrogen and oxygen atoms in total. The van der Waals surface area contributed by atoms with E-state index >= 15 is 0 Å². The van der Waals surface area contributed by atoms with Crippen LogP contribution in [0.1, 0.15) is 28.4 Å². The molecule has 1 atom stereocenters. The number of hydrogen-bond donors (Lipinski definition) is 1. The molecule has 0 saturated heterocycles. The molecule has 0 aromatic carbocycles. The van der Waals surface area contributed by atoms with Crippen molar-refractivity contribution in [2.75, 3.05) is 7.05 Å². The Morgan fingerprint density at radius 1 is 1.25 bits per heavy atom. The molecule has 1 unspecified atom stereocenters. The Bertz CT molecular complexity index is 485.